The Bertz CT molecular complexity index is 900. The summed E-state index contributed by atoms with van der Waals surface area (Å²) >= 11 is 1.64. The fraction of sp³-hybridized carbons (Fsp3) is 0.421. The topological polar surface area (TPSA) is 73.9 Å². The minimum Gasteiger partial charge on any atom is -0.340 e. The van der Waals surface area contributed by atoms with Crippen LogP contribution in [0.1, 0.15) is 41.3 Å². The Kier molecular flexibility index (Phi) is 5.56. The lowest BCUT2D eigenvalue weighted by molar-refractivity contribution is 0.204. The third-order valence-electron chi connectivity index (χ3n) is 4.56. The number of carbonyl (C=O) groups is 1. The zero-order chi connectivity index (χ0) is 18.7. The fourth-order valence-corrected chi connectivity index (χ4v) is 3.64. The molecular weight excluding hydrogens is 346 g/mol. The van der Waals surface area contributed by atoms with E-state index < -0.39 is 0 Å². The maximum Gasteiger partial charge on any atom is 0.317 e. The number of thiazole rings is 1. The van der Waals surface area contributed by atoms with Crippen LogP contribution in [0, 0.1) is 13.8 Å². The molecule has 1 aromatic carbocycles. The van der Waals surface area contributed by atoms with Crippen molar-refractivity contribution in [2.24, 2.45) is 0 Å². The van der Waals surface area contributed by atoms with Crippen molar-refractivity contribution < 1.29 is 4.79 Å². The number of nitrogens with one attached hydrogen (secondary N) is 2. The quantitative estimate of drug-likeness (QED) is 0.688. The van der Waals surface area contributed by atoms with E-state index in [2.05, 4.69) is 33.3 Å². The number of amides is 2. The zero-order valence-electron chi connectivity index (χ0n) is 15.7. The molecule has 1 atom stereocenters. The lowest BCUT2D eigenvalue weighted by Gasteiger charge is -2.21. The normalized spacial score (nSPS) is 12.3. The van der Waals surface area contributed by atoms with Crippen LogP contribution in [0.2, 0.25) is 0 Å². The molecule has 0 saturated carbocycles. The number of carbonyl (C=O) groups excluding carboxylic acids is 1. The van der Waals surface area contributed by atoms with Gasteiger partial charge in [0.1, 0.15) is 5.82 Å². The molecule has 0 aliphatic carbocycles. The average molecular weight is 372 g/mol. The highest BCUT2D eigenvalue weighted by molar-refractivity contribution is 7.09. The Labute approximate surface area is 157 Å². The van der Waals surface area contributed by atoms with Crippen LogP contribution in [0.4, 0.5) is 4.79 Å². The number of urea groups is 1. The monoisotopic (exact) mass is 371 g/mol. The van der Waals surface area contributed by atoms with Crippen molar-refractivity contribution in [3.63, 3.8) is 0 Å². The molecule has 0 bridgehead atoms. The van der Waals surface area contributed by atoms with Gasteiger partial charge in [-0.2, -0.15) is 0 Å². The summed E-state index contributed by atoms with van der Waals surface area (Å²) in [5.74, 6) is 0.799. The van der Waals surface area contributed by atoms with E-state index in [1.54, 1.807) is 16.2 Å². The summed E-state index contributed by atoms with van der Waals surface area (Å²) in [6.07, 6.45) is 1.59. The molecule has 0 radical (unpaired) electrons. The lowest BCUT2D eigenvalue weighted by Crippen LogP contribution is -2.40. The second-order valence-electron chi connectivity index (χ2n) is 6.59. The molecule has 0 fully saturated rings. The first kappa shape index (κ1) is 18.4. The average Bonchev–Trinajstić information content (AvgIpc) is 3.22. The maximum absolute atomic E-state index is 12.6. The molecule has 6 nitrogen and oxygen atoms in total. The third kappa shape index (κ3) is 4.04. The summed E-state index contributed by atoms with van der Waals surface area (Å²) in [5, 5.41) is 3.08. The molecule has 26 heavy (non-hydrogen) atoms. The van der Waals surface area contributed by atoms with E-state index >= 15 is 0 Å². The van der Waals surface area contributed by atoms with Crippen LogP contribution in [0.3, 0.4) is 0 Å². The number of nitrogens with zero attached hydrogens (tertiary/aromatic N) is 3. The molecule has 2 N–H and O–H groups in total. The molecule has 7 heteroatoms. The van der Waals surface area contributed by atoms with Crippen molar-refractivity contribution in [1.82, 2.24) is 25.2 Å². The number of benzene rings is 1. The molecule has 0 aliphatic heterocycles. The van der Waals surface area contributed by atoms with E-state index in [0.717, 1.165) is 35.4 Å². The number of aryl methyl sites for hydroxylation is 2. The predicted molar refractivity (Wildman–Crippen MR) is 106 cm³/mol. The van der Waals surface area contributed by atoms with Crippen molar-refractivity contribution in [2.45, 2.75) is 39.7 Å². The van der Waals surface area contributed by atoms with E-state index in [1.165, 1.54) is 10.4 Å². The van der Waals surface area contributed by atoms with Gasteiger partial charge in [-0.15, -0.1) is 11.3 Å². The summed E-state index contributed by atoms with van der Waals surface area (Å²) < 4.78 is 0. The third-order valence-corrected chi connectivity index (χ3v) is 5.55. The van der Waals surface area contributed by atoms with Gasteiger partial charge in [0.25, 0.3) is 0 Å². The van der Waals surface area contributed by atoms with Gasteiger partial charge in [0, 0.05) is 24.9 Å². The fourth-order valence-electron chi connectivity index (χ4n) is 2.87. The Balaban J connectivity index is 1.64. The summed E-state index contributed by atoms with van der Waals surface area (Å²) in [4.78, 5) is 27.7. The summed E-state index contributed by atoms with van der Waals surface area (Å²) in [6, 6.07) is 5.90. The molecule has 0 aliphatic rings. The highest BCUT2D eigenvalue weighted by Gasteiger charge is 2.19. The Hall–Kier alpha value is -2.41. The predicted octanol–water partition coefficient (Wildman–Crippen LogP) is 3.97. The Morgan fingerprint density at radius 3 is 2.88 bits per heavy atom. The molecule has 138 valence electrons. The number of aromatic nitrogens is 3. The van der Waals surface area contributed by atoms with Crippen molar-refractivity contribution >= 4 is 28.4 Å². The van der Waals surface area contributed by atoms with Crippen molar-refractivity contribution in [2.75, 3.05) is 13.6 Å². The molecule has 2 heterocycles. The Morgan fingerprint density at radius 1 is 1.38 bits per heavy atom. The van der Waals surface area contributed by atoms with Gasteiger partial charge < -0.3 is 15.2 Å². The minimum absolute atomic E-state index is 0.0874. The smallest absolute Gasteiger partial charge is 0.317 e. The number of H-pyrrole nitrogens is 1. The lowest BCUT2D eigenvalue weighted by atomic mass is 10.2. The van der Waals surface area contributed by atoms with Crippen molar-refractivity contribution in [1.29, 1.82) is 0 Å². The summed E-state index contributed by atoms with van der Waals surface area (Å²) in [5.41, 5.74) is 6.01. The van der Waals surface area contributed by atoms with Gasteiger partial charge in [-0.05, 0) is 38.0 Å². The van der Waals surface area contributed by atoms with E-state index in [0.29, 0.717) is 6.54 Å². The van der Waals surface area contributed by atoms with Crippen LogP contribution in [0.15, 0.2) is 23.7 Å². The van der Waals surface area contributed by atoms with E-state index in [4.69, 9.17) is 0 Å². The van der Waals surface area contributed by atoms with Crippen LogP contribution in [-0.4, -0.2) is 39.5 Å². The standard InChI is InChI=1S/C19H25N5OS/c1-5-14(18-21-15-7-6-12(2)10-16(15)22-18)23-19(25)24(4)9-8-17-13(3)20-11-26-17/h6-7,10-11,14H,5,8-9H2,1-4H3,(H,21,22)(H,23,25)/t14-/m0/s1. The van der Waals surface area contributed by atoms with Crippen LogP contribution in [0.5, 0.6) is 0 Å². The first-order chi connectivity index (χ1) is 12.5. The van der Waals surface area contributed by atoms with Gasteiger partial charge in [-0.25, -0.2) is 14.8 Å². The van der Waals surface area contributed by atoms with E-state index in [-0.39, 0.29) is 12.1 Å². The highest BCUT2D eigenvalue weighted by Crippen LogP contribution is 2.20. The zero-order valence-corrected chi connectivity index (χ0v) is 16.5. The second kappa shape index (κ2) is 7.86. The van der Waals surface area contributed by atoms with Gasteiger partial charge in [0.15, 0.2) is 0 Å². The summed E-state index contributed by atoms with van der Waals surface area (Å²) in [7, 11) is 1.82. The number of fused-ring (bicyclic) bond motifs is 1. The maximum atomic E-state index is 12.6. The molecule has 3 aromatic rings. The molecule has 2 amide bonds. The van der Waals surface area contributed by atoms with Gasteiger partial charge >= 0.3 is 6.03 Å². The summed E-state index contributed by atoms with van der Waals surface area (Å²) in [6.45, 7) is 6.76. The molecule has 3 rings (SSSR count). The number of imidazole rings is 1. The van der Waals surface area contributed by atoms with Gasteiger partial charge in [0.05, 0.1) is 28.3 Å². The van der Waals surface area contributed by atoms with Crippen molar-refractivity contribution in [3.05, 3.63) is 45.7 Å². The van der Waals surface area contributed by atoms with Crippen LogP contribution >= 0.6 is 11.3 Å². The van der Waals surface area contributed by atoms with Crippen LogP contribution in [-0.2, 0) is 6.42 Å². The molecule has 0 unspecified atom stereocenters. The van der Waals surface area contributed by atoms with Gasteiger partial charge in [-0.1, -0.05) is 13.0 Å². The molecule has 0 spiro atoms. The highest BCUT2D eigenvalue weighted by atomic mass is 32.1. The van der Waals surface area contributed by atoms with Crippen molar-refractivity contribution in [3.8, 4) is 0 Å². The van der Waals surface area contributed by atoms with Gasteiger partial charge in [0.2, 0.25) is 0 Å². The second-order valence-corrected chi connectivity index (χ2v) is 7.52. The number of rotatable bonds is 6. The molecule has 0 saturated heterocycles. The first-order valence-electron chi connectivity index (χ1n) is 8.84. The first-order valence-corrected chi connectivity index (χ1v) is 9.72. The number of hydrogen-bond acceptors (Lipinski definition) is 4. The number of hydrogen-bond donors (Lipinski definition) is 2. The van der Waals surface area contributed by atoms with Crippen LogP contribution in [0.25, 0.3) is 11.0 Å². The minimum atomic E-state index is -0.136. The largest absolute Gasteiger partial charge is 0.340 e. The van der Waals surface area contributed by atoms with Gasteiger partial charge in [-0.3, -0.25) is 0 Å². The van der Waals surface area contributed by atoms with Crippen LogP contribution < -0.4 is 5.32 Å². The number of likely N-dealkylation sites (N-methyl/N-ethyl adjacent to an activating group) is 1. The van der Waals surface area contributed by atoms with E-state index in [9.17, 15) is 4.79 Å². The Morgan fingerprint density at radius 2 is 2.19 bits per heavy atom. The molecular formula is C19H25N5OS. The molecule has 2 aromatic heterocycles. The van der Waals surface area contributed by atoms with E-state index in [1.807, 2.05) is 38.5 Å². The SMILES string of the molecule is CC[C@H](NC(=O)N(C)CCc1scnc1C)c1nc2ccc(C)cc2[nH]1. The number of aromatic amines is 1.